The molecule has 1 atom stereocenters. The van der Waals surface area contributed by atoms with Gasteiger partial charge in [0, 0.05) is 50.6 Å². The van der Waals surface area contributed by atoms with Crippen molar-refractivity contribution in [1.29, 1.82) is 5.26 Å². The molecule has 2 saturated heterocycles. The fourth-order valence-electron chi connectivity index (χ4n) is 3.11. The molecule has 0 saturated carbocycles. The van der Waals surface area contributed by atoms with Gasteiger partial charge >= 0.3 is 0 Å². The predicted molar refractivity (Wildman–Crippen MR) is 80.6 cm³/mol. The highest BCUT2D eigenvalue weighted by Gasteiger charge is 2.27. The highest BCUT2D eigenvalue weighted by molar-refractivity contribution is 5.49. The summed E-state index contributed by atoms with van der Waals surface area (Å²) in [5.41, 5.74) is 1.42. The quantitative estimate of drug-likeness (QED) is 0.882. The van der Waals surface area contributed by atoms with Crippen molar-refractivity contribution in [2.24, 2.45) is 0 Å². The third-order valence-corrected chi connectivity index (χ3v) is 4.11. The van der Waals surface area contributed by atoms with Gasteiger partial charge in [-0.05, 0) is 32.5 Å². The van der Waals surface area contributed by atoms with Crippen LogP contribution in [0.1, 0.15) is 24.4 Å². The molecule has 3 heterocycles. The zero-order valence-corrected chi connectivity index (χ0v) is 12.1. The van der Waals surface area contributed by atoms with Crippen LogP contribution in [-0.4, -0.2) is 49.7 Å². The van der Waals surface area contributed by atoms with E-state index in [0.717, 1.165) is 26.2 Å². The molecule has 1 N–H and O–H groups in total. The minimum absolute atomic E-state index is 0.559. The summed E-state index contributed by atoms with van der Waals surface area (Å²) in [5, 5.41) is 9.90. The summed E-state index contributed by atoms with van der Waals surface area (Å²) in [4.78, 5) is 9.54. The van der Waals surface area contributed by atoms with Crippen LogP contribution in [0.3, 0.4) is 0 Å². The number of nitrogens with zero attached hydrogens (tertiary/aromatic N) is 4. The summed E-state index contributed by atoms with van der Waals surface area (Å²) in [6, 6.07) is 4.90. The summed E-state index contributed by atoms with van der Waals surface area (Å²) in [7, 11) is 2.23. The van der Waals surface area contributed by atoms with Gasteiger partial charge in [-0.2, -0.15) is 0 Å². The standard InChI is InChI=1S/C14H22N4.CHN/c1-17-9-3-5-13(17)12-4-2-6-16-14(12)18-10-7-15-8-11-18;1-2/h2,4,6,13,15H,3,5,7-11H2,1H3;1H. The third-order valence-electron chi connectivity index (χ3n) is 4.11. The second-order valence-electron chi connectivity index (χ2n) is 5.29. The molecule has 2 aliphatic heterocycles. The van der Waals surface area contributed by atoms with Gasteiger partial charge in [-0.3, -0.25) is 4.90 Å². The third kappa shape index (κ3) is 3.09. The fraction of sp³-hybridized carbons (Fsp3) is 0.600. The molecule has 108 valence electrons. The van der Waals surface area contributed by atoms with Crippen molar-refractivity contribution in [3.05, 3.63) is 23.9 Å². The molecule has 1 unspecified atom stereocenters. The van der Waals surface area contributed by atoms with Gasteiger partial charge in [0.25, 0.3) is 0 Å². The Hall–Kier alpha value is -1.64. The molecule has 5 heteroatoms. The first-order valence-corrected chi connectivity index (χ1v) is 7.23. The minimum atomic E-state index is 0.559. The largest absolute Gasteiger partial charge is 0.354 e. The number of rotatable bonds is 2. The van der Waals surface area contributed by atoms with Crippen molar-refractivity contribution in [3.63, 3.8) is 0 Å². The van der Waals surface area contributed by atoms with Gasteiger partial charge < -0.3 is 10.2 Å². The summed E-state index contributed by atoms with van der Waals surface area (Å²) < 4.78 is 0. The Kier molecular flexibility index (Phi) is 5.33. The number of pyridine rings is 1. The van der Waals surface area contributed by atoms with Crippen LogP contribution in [0.2, 0.25) is 0 Å². The van der Waals surface area contributed by atoms with Gasteiger partial charge in [-0.1, -0.05) is 6.07 Å². The number of piperazine rings is 1. The monoisotopic (exact) mass is 273 g/mol. The SMILES string of the molecule is C#N.CN1CCCC1c1cccnc1N1CCNCC1. The Morgan fingerprint density at radius 2 is 2.05 bits per heavy atom. The topological polar surface area (TPSA) is 55.2 Å². The van der Waals surface area contributed by atoms with E-state index in [2.05, 4.69) is 45.9 Å². The van der Waals surface area contributed by atoms with E-state index >= 15 is 0 Å². The van der Waals surface area contributed by atoms with Crippen molar-refractivity contribution < 1.29 is 0 Å². The van der Waals surface area contributed by atoms with E-state index in [-0.39, 0.29) is 0 Å². The number of anilines is 1. The summed E-state index contributed by atoms with van der Waals surface area (Å²) in [5.74, 6) is 1.21. The Labute approximate surface area is 121 Å². The van der Waals surface area contributed by atoms with Gasteiger partial charge in [-0.15, -0.1) is 0 Å². The van der Waals surface area contributed by atoms with Crippen LogP contribution in [0, 0.1) is 11.8 Å². The molecule has 20 heavy (non-hydrogen) atoms. The molecule has 0 radical (unpaired) electrons. The lowest BCUT2D eigenvalue weighted by Gasteiger charge is -2.32. The molecule has 3 rings (SSSR count). The summed E-state index contributed by atoms with van der Waals surface area (Å²) >= 11 is 0. The Morgan fingerprint density at radius 1 is 1.30 bits per heavy atom. The van der Waals surface area contributed by atoms with E-state index in [1.807, 2.05) is 6.20 Å². The van der Waals surface area contributed by atoms with E-state index in [1.54, 1.807) is 0 Å². The van der Waals surface area contributed by atoms with Crippen molar-refractivity contribution in [3.8, 4) is 6.57 Å². The normalized spacial score (nSPS) is 23.1. The second kappa shape index (κ2) is 7.22. The van der Waals surface area contributed by atoms with Crippen molar-refractivity contribution in [2.45, 2.75) is 18.9 Å². The highest BCUT2D eigenvalue weighted by Crippen LogP contribution is 2.35. The van der Waals surface area contributed by atoms with Crippen LogP contribution >= 0.6 is 0 Å². The molecule has 0 spiro atoms. The van der Waals surface area contributed by atoms with E-state index in [9.17, 15) is 0 Å². The zero-order chi connectivity index (χ0) is 14.4. The van der Waals surface area contributed by atoms with E-state index in [1.165, 1.54) is 30.8 Å². The number of aromatic nitrogens is 1. The highest BCUT2D eigenvalue weighted by atomic mass is 15.2. The lowest BCUT2D eigenvalue weighted by atomic mass is 10.0. The number of hydrogen-bond donors (Lipinski definition) is 1. The van der Waals surface area contributed by atoms with Gasteiger partial charge in [0.2, 0.25) is 0 Å². The Bertz CT molecular complexity index is 439. The molecule has 2 fully saturated rings. The van der Waals surface area contributed by atoms with Crippen LogP contribution in [0.5, 0.6) is 0 Å². The molecule has 0 amide bonds. The van der Waals surface area contributed by atoms with Crippen LogP contribution in [0.15, 0.2) is 18.3 Å². The first kappa shape index (κ1) is 14.8. The van der Waals surface area contributed by atoms with E-state index in [0.29, 0.717) is 6.04 Å². The first-order chi connectivity index (χ1) is 9.86. The maximum Gasteiger partial charge on any atom is 0.133 e. The second-order valence-corrected chi connectivity index (χ2v) is 5.29. The lowest BCUT2D eigenvalue weighted by Crippen LogP contribution is -2.44. The molecule has 1 aromatic rings. The number of nitrogens with one attached hydrogen (secondary N) is 1. The van der Waals surface area contributed by atoms with Crippen molar-refractivity contribution in [1.82, 2.24) is 15.2 Å². The number of hydrogen-bond acceptors (Lipinski definition) is 5. The van der Waals surface area contributed by atoms with E-state index < -0.39 is 0 Å². The minimum Gasteiger partial charge on any atom is -0.354 e. The van der Waals surface area contributed by atoms with Crippen LogP contribution in [0.4, 0.5) is 5.82 Å². The molecule has 2 aliphatic rings. The molecule has 1 aromatic heterocycles. The van der Waals surface area contributed by atoms with Gasteiger partial charge in [0.15, 0.2) is 0 Å². The first-order valence-electron chi connectivity index (χ1n) is 7.23. The molecule has 0 bridgehead atoms. The molecular weight excluding hydrogens is 250 g/mol. The Balaban J connectivity index is 0.000000704. The smallest absolute Gasteiger partial charge is 0.133 e. The average Bonchev–Trinajstić information content (AvgIpc) is 2.96. The lowest BCUT2D eigenvalue weighted by molar-refractivity contribution is 0.317. The number of likely N-dealkylation sites (tertiary alicyclic amines) is 1. The average molecular weight is 273 g/mol. The molecular formula is C15H23N5. The van der Waals surface area contributed by atoms with Crippen molar-refractivity contribution >= 4 is 5.82 Å². The Morgan fingerprint density at radius 3 is 2.70 bits per heavy atom. The van der Waals surface area contributed by atoms with Gasteiger partial charge in [0.05, 0.1) is 0 Å². The van der Waals surface area contributed by atoms with Gasteiger partial charge in [0.1, 0.15) is 5.82 Å². The summed E-state index contributed by atoms with van der Waals surface area (Å²) in [6.45, 7) is 8.98. The maximum absolute atomic E-state index is 6.50. The van der Waals surface area contributed by atoms with E-state index in [4.69, 9.17) is 5.26 Å². The molecule has 5 nitrogen and oxygen atoms in total. The molecule has 0 aromatic carbocycles. The fourth-order valence-corrected chi connectivity index (χ4v) is 3.11. The maximum atomic E-state index is 6.50. The summed E-state index contributed by atoms with van der Waals surface area (Å²) in [6.07, 6.45) is 4.49. The molecule has 0 aliphatic carbocycles. The zero-order valence-electron chi connectivity index (χ0n) is 12.1. The number of nitriles is 1. The van der Waals surface area contributed by atoms with Crippen molar-refractivity contribution in [2.75, 3.05) is 44.7 Å². The predicted octanol–water partition coefficient (Wildman–Crippen LogP) is 1.40. The van der Waals surface area contributed by atoms with Crippen LogP contribution in [0.25, 0.3) is 0 Å². The van der Waals surface area contributed by atoms with Crippen LogP contribution in [-0.2, 0) is 0 Å². The van der Waals surface area contributed by atoms with Crippen LogP contribution < -0.4 is 10.2 Å². The van der Waals surface area contributed by atoms with Gasteiger partial charge in [-0.25, -0.2) is 10.2 Å².